The van der Waals surface area contributed by atoms with Crippen LogP contribution in [0.15, 0.2) is 35.5 Å². The van der Waals surface area contributed by atoms with E-state index in [1.807, 2.05) is 0 Å². The molecule has 140 valence electrons. The second-order valence-corrected chi connectivity index (χ2v) is 7.99. The molecule has 0 unspecified atom stereocenters. The van der Waals surface area contributed by atoms with E-state index < -0.39 is 28.5 Å². The second kappa shape index (κ2) is 7.85. The predicted octanol–water partition coefficient (Wildman–Crippen LogP) is 1.12. The van der Waals surface area contributed by atoms with Gasteiger partial charge in [0.25, 0.3) is 5.91 Å². The lowest BCUT2D eigenvalue weighted by atomic mass is 10.3. The summed E-state index contributed by atoms with van der Waals surface area (Å²) in [5.41, 5.74) is 0.420. The summed E-state index contributed by atoms with van der Waals surface area (Å²) in [6, 6.07) is 4.03. The third-order valence-electron chi connectivity index (χ3n) is 3.25. The molecule has 26 heavy (non-hydrogen) atoms. The fourth-order valence-electron chi connectivity index (χ4n) is 1.91. The lowest BCUT2D eigenvalue weighted by molar-refractivity contribution is -0.119. The molecule has 0 radical (unpaired) electrons. The van der Waals surface area contributed by atoms with Crippen LogP contribution in [0.4, 0.5) is 5.69 Å². The standard InChI is InChI=1S/C15H17ClN4O5S/c1-19(2)26(23,24)13-6-11(4-5-12(13)16)18-14(21)9-25-15(22)10-7-17-20(3)8-10/h4-8H,9H2,1-3H3,(H,18,21). The Balaban J connectivity index is 2.04. The summed E-state index contributed by atoms with van der Waals surface area (Å²) in [5.74, 6) is -1.32. The average Bonchev–Trinajstić information content (AvgIpc) is 3.00. The number of anilines is 1. The maximum Gasteiger partial charge on any atom is 0.341 e. The van der Waals surface area contributed by atoms with Crippen LogP contribution in [0.1, 0.15) is 10.4 Å². The number of carbonyl (C=O) groups excluding carboxylic acids is 2. The largest absolute Gasteiger partial charge is 0.452 e. The number of esters is 1. The van der Waals surface area contributed by atoms with Crippen molar-refractivity contribution in [1.29, 1.82) is 0 Å². The van der Waals surface area contributed by atoms with Gasteiger partial charge in [0.05, 0.1) is 16.8 Å². The van der Waals surface area contributed by atoms with Gasteiger partial charge in [0.15, 0.2) is 6.61 Å². The Morgan fingerprint density at radius 3 is 2.62 bits per heavy atom. The minimum atomic E-state index is -3.77. The summed E-state index contributed by atoms with van der Waals surface area (Å²) in [6.45, 7) is -0.536. The van der Waals surface area contributed by atoms with Gasteiger partial charge in [-0.05, 0) is 18.2 Å². The molecular weight excluding hydrogens is 384 g/mol. The number of benzene rings is 1. The van der Waals surface area contributed by atoms with Crippen LogP contribution >= 0.6 is 11.6 Å². The number of hydrogen-bond acceptors (Lipinski definition) is 6. The number of halogens is 1. The fraction of sp³-hybridized carbons (Fsp3) is 0.267. The molecule has 1 amide bonds. The first-order chi connectivity index (χ1) is 12.1. The normalized spacial score (nSPS) is 11.4. The summed E-state index contributed by atoms with van der Waals surface area (Å²) in [7, 11) is 0.612. The maximum absolute atomic E-state index is 12.2. The molecule has 1 aromatic heterocycles. The molecule has 0 fully saturated rings. The monoisotopic (exact) mass is 400 g/mol. The van der Waals surface area contributed by atoms with Crippen molar-refractivity contribution in [3.05, 3.63) is 41.2 Å². The number of amides is 1. The number of aryl methyl sites for hydroxylation is 1. The first-order valence-electron chi connectivity index (χ1n) is 7.29. The van der Waals surface area contributed by atoms with Gasteiger partial charge in [0.2, 0.25) is 10.0 Å². The fourth-order valence-corrected chi connectivity index (χ4v) is 3.31. The zero-order valence-electron chi connectivity index (χ0n) is 14.3. The molecule has 11 heteroatoms. The average molecular weight is 401 g/mol. The van der Waals surface area contributed by atoms with Gasteiger partial charge < -0.3 is 10.1 Å². The molecule has 2 aromatic rings. The Bertz CT molecular complexity index is 939. The summed E-state index contributed by atoms with van der Waals surface area (Å²) in [5, 5.41) is 6.31. The number of carbonyl (C=O) groups is 2. The van der Waals surface area contributed by atoms with Crippen molar-refractivity contribution in [3.63, 3.8) is 0 Å². The first kappa shape index (κ1) is 19.9. The number of hydrogen-bond donors (Lipinski definition) is 1. The van der Waals surface area contributed by atoms with Gasteiger partial charge in [-0.2, -0.15) is 5.10 Å². The molecular formula is C15H17ClN4O5S. The minimum Gasteiger partial charge on any atom is -0.452 e. The Hall–Kier alpha value is -2.43. The second-order valence-electron chi connectivity index (χ2n) is 5.46. The highest BCUT2D eigenvalue weighted by Crippen LogP contribution is 2.26. The summed E-state index contributed by atoms with van der Waals surface area (Å²) in [4.78, 5) is 23.5. The van der Waals surface area contributed by atoms with Crippen LogP contribution < -0.4 is 5.32 Å². The van der Waals surface area contributed by atoms with E-state index in [0.29, 0.717) is 0 Å². The van der Waals surface area contributed by atoms with Crippen LogP contribution in [0.25, 0.3) is 0 Å². The molecule has 0 saturated carbocycles. The van der Waals surface area contributed by atoms with Crippen LogP contribution in [0.3, 0.4) is 0 Å². The molecule has 0 spiro atoms. The quantitative estimate of drug-likeness (QED) is 0.727. The number of rotatable bonds is 6. The minimum absolute atomic E-state index is 0.0275. The summed E-state index contributed by atoms with van der Waals surface area (Å²) in [6.07, 6.45) is 2.77. The van der Waals surface area contributed by atoms with Crippen molar-refractivity contribution >= 4 is 39.2 Å². The summed E-state index contributed by atoms with van der Waals surface area (Å²) >= 11 is 5.94. The smallest absolute Gasteiger partial charge is 0.341 e. The Morgan fingerprint density at radius 1 is 1.35 bits per heavy atom. The SMILES string of the molecule is CN(C)S(=O)(=O)c1cc(NC(=O)COC(=O)c2cnn(C)c2)ccc1Cl. The Morgan fingerprint density at radius 2 is 2.04 bits per heavy atom. The zero-order valence-corrected chi connectivity index (χ0v) is 15.8. The third-order valence-corrected chi connectivity index (χ3v) is 5.55. The van der Waals surface area contributed by atoms with Crippen molar-refractivity contribution in [2.24, 2.45) is 7.05 Å². The molecule has 9 nitrogen and oxygen atoms in total. The van der Waals surface area contributed by atoms with E-state index in [9.17, 15) is 18.0 Å². The van der Waals surface area contributed by atoms with Gasteiger partial charge in [0, 0.05) is 33.0 Å². The number of sulfonamides is 1. The Kier molecular flexibility index (Phi) is 6.01. The maximum atomic E-state index is 12.2. The van der Waals surface area contributed by atoms with Crippen LogP contribution in [0.2, 0.25) is 5.02 Å². The molecule has 0 atom stereocenters. The van der Waals surface area contributed by atoms with Crippen LogP contribution in [-0.2, 0) is 26.6 Å². The molecule has 0 saturated heterocycles. The van der Waals surface area contributed by atoms with Gasteiger partial charge in [-0.3, -0.25) is 9.48 Å². The van der Waals surface area contributed by atoms with Gasteiger partial charge in [0.1, 0.15) is 4.90 Å². The third kappa shape index (κ3) is 4.59. The van der Waals surface area contributed by atoms with E-state index in [4.69, 9.17) is 16.3 Å². The van der Waals surface area contributed by atoms with E-state index >= 15 is 0 Å². The molecule has 2 rings (SSSR count). The number of aromatic nitrogens is 2. The molecule has 1 aromatic carbocycles. The molecule has 1 heterocycles. The van der Waals surface area contributed by atoms with Gasteiger partial charge >= 0.3 is 5.97 Å². The van der Waals surface area contributed by atoms with Crippen molar-refractivity contribution in [1.82, 2.24) is 14.1 Å². The van der Waals surface area contributed by atoms with Crippen LogP contribution in [0, 0.1) is 0 Å². The van der Waals surface area contributed by atoms with Crippen molar-refractivity contribution < 1.29 is 22.7 Å². The van der Waals surface area contributed by atoms with E-state index in [1.165, 1.54) is 49.4 Å². The lowest BCUT2D eigenvalue weighted by Crippen LogP contribution is -2.23. The van der Waals surface area contributed by atoms with E-state index in [1.54, 1.807) is 7.05 Å². The molecule has 0 aliphatic heterocycles. The van der Waals surface area contributed by atoms with Gasteiger partial charge in [-0.15, -0.1) is 0 Å². The van der Waals surface area contributed by atoms with Crippen molar-refractivity contribution in [3.8, 4) is 0 Å². The zero-order chi connectivity index (χ0) is 19.5. The number of ether oxygens (including phenoxy) is 1. The predicted molar refractivity (Wildman–Crippen MR) is 94.4 cm³/mol. The van der Waals surface area contributed by atoms with E-state index in [-0.39, 0.29) is 21.2 Å². The first-order valence-corrected chi connectivity index (χ1v) is 9.11. The lowest BCUT2D eigenvalue weighted by Gasteiger charge is -2.14. The molecule has 1 N–H and O–H groups in total. The van der Waals surface area contributed by atoms with Crippen molar-refractivity contribution in [2.45, 2.75) is 4.90 Å². The van der Waals surface area contributed by atoms with E-state index in [2.05, 4.69) is 10.4 Å². The van der Waals surface area contributed by atoms with Gasteiger partial charge in [-0.1, -0.05) is 11.6 Å². The molecule has 0 aliphatic carbocycles. The summed E-state index contributed by atoms with van der Waals surface area (Å²) < 4.78 is 31.7. The number of nitrogens with zero attached hydrogens (tertiary/aromatic N) is 3. The number of nitrogens with one attached hydrogen (secondary N) is 1. The Labute approximate surface area is 155 Å². The highest BCUT2D eigenvalue weighted by Gasteiger charge is 2.21. The van der Waals surface area contributed by atoms with Crippen LogP contribution in [0.5, 0.6) is 0 Å². The highest BCUT2D eigenvalue weighted by atomic mass is 35.5. The van der Waals surface area contributed by atoms with E-state index in [0.717, 1.165) is 4.31 Å². The van der Waals surface area contributed by atoms with Gasteiger partial charge in [-0.25, -0.2) is 17.5 Å². The molecule has 0 bridgehead atoms. The molecule has 0 aliphatic rings. The topological polar surface area (TPSA) is 111 Å². The highest BCUT2D eigenvalue weighted by molar-refractivity contribution is 7.89. The van der Waals surface area contributed by atoms with Crippen molar-refractivity contribution in [2.75, 3.05) is 26.0 Å². The van der Waals surface area contributed by atoms with Crippen LogP contribution in [-0.4, -0.2) is 55.1 Å².